The predicted molar refractivity (Wildman–Crippen MR) is 119 cm³/mol. The second kappa shape index (κ2) is 9.66. The fourth-order valence-corrected chi connectivity index (χ4v) is 5.25. The van der Waals surface area contributed by atoms with Crippen LogP contribution in [0.3, 0.4) is 0 Å². The lowest BCUT2D eigenvalue weighted by Crippen LogP contribution is -2.64. The molecule has 0 bridgehead atoms. The molecular formula is C21H34FNO5SSi. The molecule has 1 aliphatic rings. The Morgan fingerprint density at radius 2 is 2.00 bits per heavy atom. The van der Waals surface area contributed by atoms with Gasteiger partial charge in [0.2, 0.25) is 0 Å². The number of hydrogen-bond donors (Lipinski definition) is 1. The average Bonchev–Trinajstić information content (AvgIpc) is 2.54. The van der Waals surface area contributed by atoms with E-state index in [9.17, 15) is 9.35 Å². The van der Waals surface area contributed by atoms with Gasteiger partial charge in [-0.15, -0.1) is 0 Å². The van der Waals surface area contributed by atoms with Crippen LogP contribution in [0.4, 0.5) is 4.39 Å². The first-order valence-electron chi connectivity index (χ1n) is 10.1. The molecule has 1 atom stereocenters. The summed E-state index contributed by atoms with van der Waals surface area (Å²) in [5, 5.41) is 8.97. The molecule has 9 heteroatoms. The number of carboxylic acid groups (broad SMARTS) is 1. The smallest absolute Gasteiger partial charge is 0.307 e. The Labute approximate surface area is 183 Å². The number of rotatable bonds is 10. The molecule has 30 heavy (non-hydrogen) atoms. The number of carboxylic acids is 1. The molecule has 0 radical (unpaired) electrons. The number of aliphatic carboxylic acids is 1. The van der Waals surface area contributed by atoms with Gasteiger partial charge in [-0.3, -0.25) is 4.79 Å². The highest BCUT2D eigenvalue weighted by atomic mass is 32.2. The van der Waals surface area contributed by atoms with E-state index in [1.54, 1.807) is 16.4 Å². The van der Waals surface area contributed by atoms with E-state index in [0.717, 1.165) is 6.04 Å². The Morgan fingerprint density at radius 3 is 2.43 bits per heavy atom. The molecule has 6 nitrogen and oxygen atoms in total. The largest absolute Gasteiger partial charge is 0.597 e. The summed E-state index contributed by atoms with van der Waals surface area (Å²) in [5.41, 5.74) is -0.174. The van der Waals surface area contributed by atoms with Crippen molar-refractivity contribution in [2.75, 3.05) is 26.6 Å². The molecule has 0 saturated carbocycles. The van der Waals surface area contributed by atoms with Gasteiger partial charge in [0.25, 0.3) is 0 Å². The molecule has 1 N–H and O–H groups in total. The minimum absolute atomic E-state index is 0.105. The second-order valence-electron chi connectivity index (χ2n) is 10.00. The van der Waals surface area contributed by atoms with E-state index in [2.05, 4.69) is 19.6 Å². The van der Waals surface area contributed by atoms with Crippen molar-refractivity contribution in [2.24, 2.45) is 0 Å². The number of hydrogen-bond acceptors (Lipinski definition) is 5. The Balaban J connectivity index is 2.32. The van der Waals surface area contributed by atoms with Gasteiger partial charge < -0.3 is 19.1 Å². The Bertz CT molecular complexity index is 746. The van der Waals surface area contributed by atoms with Gasteiger partial charge in [-0.25, -0.2) is 4.39 Å². The standard InChI is InChI=1S/C21H34FNO5SSi/c1-20(2,3)29(26)23(15-27-9-10-30(4,5)6)21(13-28-14-21)17-8-7-16(11-18(17)22)12-19(24)25/h7-8,11H,9-10,12-15H2,1-6H3,(H,24,25). The maximum atomic E-state index is 15.1. The van der Waals surface area contributed by atoms with E-state index in [1.165, 1.54) is 6.07 Å². The lowest BCUT2D eigenvalue weighted by Gasteiger charge is -2.49. The molecule has 1 fully saturated rings. The van der Waals surface area contributed by atoms with Gasteiger partial charge in [0.05, 0.1) is 19.6 Å². The van der Waals surface area contributed by atoms with Crippen LogP contribution in [0.25, 0.3) is 0 Å². The van der Waals surface area contributed by atoms with Crippen LogP contribution in [0.1, 0.15) is 31.9 Å². The Hall–Kier alpha value is -0.973. The van der Waals surface area contributed by atoms with Gasteiger partial charge in [0, 0.05) is 31.6 Å². The third-order valence-corrected chi connectivity index (χ3v) is 8.59. The number of carbonyl (C=O) groups is 1. The van der Waals surface area contributed by atoms with Crippen LogP contribution in [0.5, 0.6) is 0 Å². The third kappa shape index (κ3) is 6.27. The molecule has 1 unspecified atom stereocenters. The van der Waals surface area contributed by atoms with Crippen LogP contribution < -0.4 is 0 Å². The molecule has 2 rings (SSSR count). The summed E-state index contributed by atoms with van der Waals surface area (Å²) in [6.07, 6.45) is -0.252. The second-order valence-corrected chi connectivity index (χ2v) is 17.8. The van der Waals surface area contributed by atoms with Crippen molar-refractivity contribution in [1.82, 2.24) is 4.31 Å². The van der Waals surface area contributed by atoms with E-state index < -0.39 is 41.5 Å². The van der Waals surface area contributed by atoms with Crippen molar-refractivity contribution in [1.29, 1.82) is 0 Å². The summed E-state index contributed by atoms with van der Waals surface area (Å²) in [5.74, 6) is -1.54. The zero-order chi connectivity index (χ0) is 22.7. The molecule has 170 valence electrons. The maximum absolute atomic E-state index is 15.1. The third-order valence-electron chi connectivity index (χ3n) is 4.98. The zero-order valence-electron chi connectivity index (χ0n) is 18.8. The average molecular weight is 460 g/mol. The number of halogens is 1. The number of benzene rings is 1. The Morgan fingerprint density at radius 1 is 1.37 bits per heavy atom. The minimum Gasteiger partial charge on any atom is -0.597 e. The van der Waals surface area contributed by atoms with Crippen molar-refractivity contribution >= 4 is 25.4 Å². The van der Waals surface area contributed by atoms with Crippen molar-refractivity contribution < 1.29 is 28.3 Å². The summed E-state index contributed by atoms with van der Waals surface area (Å²) in [6, 6.07) is 5.42. The fourth-order valence-electron chi connectivity index (χ4n) is 3.14. The first kappa shape index (κ1) is 25.3. The van der Waals surface area contributed by atoms with E-state index in [-0.39, 0.29) is 26.4 Å². The number of nitrogens with zero attached hydrogens (tertiary/aromatic N) is 1. The van der Waals surface area contributed by atoms with Crippen LogP contribution in [0, 0.1) is 5.82 Å². The van der Waals surface area contributed by atoms with E-state index >= 15 is 4.39 Å². The van der Waals surface area contributed by atoms with Gasteiger partial charge in [-0.1, -0.05) is 36.1 Å². The molecule has 0 aromatic heterocycles. The molecule has 1 aliphatic heterocycles. The minimum atomic E-state index is -1.46. The summed E-state index contributed by atoms with van der Waals surface area (Å²) >= 11 is -1.46. The van der Waals surface area contributed by atoms with Gasteiger partial charge in [-0.05, 0) is 38.4 Å². The van der Waals surface area contributed by atoms with Gasteiger partial charge >= 0.3 is 5.97 Å². The SMILES string of the molecule is CC(C)(C)[S+]([O-])N(COCC[Si](C)(C)C)C1(c2ccc(CC(=O)O)cc2F)COC1. The topological polar surface area (TPSA) is 82.1 Å². The van der Waals surface area contributed by atoms with Gasteiger partial charge in [-0.2, -0.15) is 0 Å². The fraction of sp³-hybridized carbons (Fsp3) is 0.667. The molecular weight excluding hydrogens is 425 g/mol. The highest BCUT2D eigenvalue weighted by molar-refractivity contribution is 7.90. The van der Waals surface area contributed by atoms with E-state index in [0.29, 0.717) is 17.7 Å². The van der Waals surface area contributed by atoms with Crippen LogP contribution in [-0.2, 0) is 37.6 Å². The van der Waals surface area contributed by atoms with Crippen molar-refractivity contribution in [3.8, 4) is 0 Å². The van der Waals surface area contributed by atoms with Crippen LogP contribution in [0.15, 0.2) is 18.2 Å². The molecule has 1 aromatic rings. The monoisotopic (exact) mass is 459 g/mol. The van der Waals surface area contributed by atoms with E-state index in [4.69, 9.17) is 14.6 Å². The quantitative estimate of drug-likeness (QED) is 0.248. The lowest BCUT2D eigenvalue weighted by atomic mass is 9.86. The van der Waals surface area contributed by atoms with Crippen molar-refractivity contribution in [3.63, 3.8) is 0 Å². The summed E-state index contributed by atoms with van der Waals surface area (Å²) in [7, 11) is -1.28. The van der Waals surface area contributed by atoms with E-state index in [1.807, 2.05) is 20.8 Å². The zero-order valence-corrected chi connectivity index (χ0v) is 20.6. The molecule has 0 amide bonds. The van der Waals surface area contributed by atoms with Crippen LogP contribution in [0.2, 0.25) is 25.7 Å². The van der Waals surface area contributed by atoms with Crippen molar-refractivity contribution in [2.45, 2.75) is 63.2 Å². The Kier molecular flexibility index (Phi) is 8.15. The molecule has 1 heterocycles. The normalized spacial score (nSPS) is 17.6. The van der Waals surface area contributed by atoms with Gasteiger partial charge in [0.15, 0.2) is 0 Å². The molecule has 1 saturated heterocycles. The van der Waals surface area contributed by atoms with Crippen molar-refractivity contribution in [3.05, 3.63) is 35.1 Å². The molecule has 0 spiro atoms. The highest BCUT2D eigenvalue weighted by Crippen LogP contribution is 2.42. The van der Waals surface area contributed by atoms with Crippen LogP contribution >= 0.6 is 0 Å². The lowest BCUT2D eigenvalue weighted by molar-refractivity contribution is -0.141. The summed E-state index contributed by atoms with van der Waals surface area (Å²) < 4.78 is 41.0. The maximum Gasteiger partial charge on any atom is 0.307 e. The summed E-state index contributed by atoms with van der Waals surface area (Å²) in [4.78, 5) is 10.9. The first-order chi connectivity index (χ1) is 13.8. The van der Waals surface area contributed by atoms with Crippen LogP contribution in [-0.4, -0.2) is 59.3 Å². The molecule has 0 aliphatic carbocycles. The first-order valence-corrected chi connectivity index (χ1v) is 14.9. The number of ether oxygens (including phenoxy) is 2. The predicted octanol–water partition coefficient (Wildman–Crippen LogP) is 3.75. The summed E-state index contributed by atoms with van der Waals surface area (Å²) in [6.45, 7) is 13.5. The van der Waals surface area contributed by atoms with Gasteiger partial charge in [0.1, 0.15) is 22.8 Å². The molecule has 1 aromatic carbocycles. The highest BCUT2D eigenvalue weighted by Gasteiger charge is 2.55.